The minimum absolute atomic E-state index is 0.0420. The molecule has 1 aromatic heterocycles. The van der Waals surface area contributed by atoms with Crippen molar-refractivity contribution >= 4 is 11.6 Å². The topological polar surface area (TPSA) is 48.7 Å². The molecule has 1 aliphatic heterocycles. The van der Waals surface area contributed by atoms with Gasteiger partial charge in [-0.25, -0.2) is 9.38 Å². The van der Waals surface area contributed by atoms with Gasteiger partial charge in [-0.15, -0.1) is 0 Å². The first kappa shape index (κ1) is 20.9. The number of anilines is 1. The summed E-state index contributed by atoms with van der Waals surface area (Å²) in [6.45, 7) is 5.13. The molecule has 1 saturated heterocycles. The van der Waals surface area contributed by atoms with E-state index in [0.717, 1.165) is 10.4 Å². The third-order valence-corrected chi connectivity index (χ3v) is 4.68. The predicted molar refractivity (Wildman–Crippen MR) is 103 cm³/mol. The van der Waals surface area contributed by atoms with E-state index >= 15 is 0 Å². The number of benzene rings is 1. The quantitative estimate of drug-likeness (QED) is 0.477. The highest BCUT2D eigenvalue weighted by molar-refractivity contribution is 5.80. The Bertz CT molecular complexity index is 835. The van der Waals surface area contributed by atoms with Crippen molar-refractivity contribution in [2.24, 2.45) is 12.0 Å². The van der Waals surface area contributed by atoms with Crippen LogP contribution in [0.4, 0.5) is 23.2 Å². The molecule has 0 atom stereocenters. The first-order valence-corrected chi connectivity index (χ1v) is 9.41. The summed E-state index contributed by atoms with van der Waals surface area (Å²) in [6.07, 6.45) is -3.16. The number of alkyl halides is 3. The van der Waals surface area contributed by atoms with Crippen molar-refractivity contribution in [2.75, 3.05) is 37.6 Å². The van der Waals surface area contributed by atoms with E-state index in [2.05, 4.69) is 20.3 Å². The van der Waals surface area contributed by atoms with E-state index < -0.39 is 11.9 Å². The van der Waals surface area contributed by atoms with E-state index in [1.165, 1.54) is 25.4 Å². The van der Waals surface area contributed by atoms with Gasteiger partial charge in [-0.2, -0.15) is 18.3 Å². The molecule has 2 aromatic rings. The molecule has 0 radical (unpaired) electrons. The normalized spacial score (nSPS) is 15.7. The second-order valence-corrected chi connectivity index (χ2v) is 6.80. The summed E-state index contributed by atoms with van der Waals surface area (Å²) < 4.78 is 53.7. The van der Waals surface area contributed by atoms with Gasteiger partial charge >= 0.3 is 6.18 Å². The van der Waals surface area contributed by atoms with E-state index in [1.54, 1.807) is 12.1 Å². The molecule has 1 N–H and O–H groups in total. The summed E-state index contributed by atoms with van der Waals surface area (Å²) in [7, 11) is 1.46. The number of nitrogens with zero attached hydrogens (tertiary/aromatic N) is 5. The van der Waals surface area contributed by atoms with Gasteiger partial charge in [0.2, 0.25) is 0 Å². The molecule has 29 heavy (non-hydrogen) atoms. The Labute approximate surface area is 166 Å². The molecule has 0 bridgehead atoms. The molecule has 1 aliphatic rings. The summed E-state index contributed by atoms with van der Waals surface area (Å²) in [4.78, 5) is 8.58. The van der Waals surface area contributed by atoms with E-state index in [-0.39, 0.29) is 17.9 Å². The highest BCUT2D eigenvalue weighted by Gasteiger charge is 2.36. The lowest BCUT2D eigenvalue weighted by atomic mass is 10.2. The van der Waals surface area contributed by atoms with Crippen LogP contribution in [0.1, 0.15) is 18.2 Å². The fourth-order valence-corrected chi connectivity index (χ4v) is 3.31. The second-order valence-electron chi connectivity index (χ2n) is 6.80. The largest absolute Gasteiger partial charge is 0.435 e. The molecule has 0 unspecified atom stereocenters. The van der Waals surface area contributed by atoms with Gasteiger partial charge in [0, 0.05) is 57.2 Å². The number of piperazine rings is 1. The lowest BCUT2D eigenvalue weighted by Gasteiger charge is -2.37. The first-order chi connectivity index (χ1) is 13.8. The van der Waals surface area contributed by atoms with Crippen molar-refractivity contribution in [1.82, 2.24) is 20.0 Å². The zero-order valence-corrected chi connectivity index (χ0v) is 16.4. The Morgan fingerprint density at radius 1 is 1.14 bits per heavy atom. The maximum atomic E-state index is 13.1. The molecule has 0 saturated carbocycles. The third kappa shape index (κ3) is 5.18. The molecular weight excluding hydrogens is 388 g/mol. The van der Waals surface area contributed by atoms with Gasteiger partial charge in [-0.05, 0) is 31.2 Å². The van der Waals surface area contributed by atoms with Gasteiger partial charge in [0.15, 0.2) is 11.7 Å². The van der Waals surface area contributed by atoms with Crippen LogP contribution in [-0.2, 0) is 19.8 Å². The summed E-state index contributed by atoms with van der Waals surface area (Å²) >= 11 is 0. The second kappa shape index (κ2) is 8.71. The van der Waals surface area contributed by atoms with Gasteiger partial charge in [0.05, 0.1) is 6.54 Å². The van der Waals surface area contributed by atoms with Gasteiger partial charge in [-0.3, -0.25) is 4.68 Å². The summed E-state index contributed by atoms with van der Waals surface area (Å²) in [6, 6.07) is 6.34. The van der Waals surface area contributed by atoms with Crippen molar-refractivity contribution in [3.63, 3.8) is 0 Å². The summed E-state index contributed by atoms with van der Waals surface area (Å²) in [5.41, 5.74) is 0.0826. The maximum Gasteiger partial charge on any atom is 0.435 e. The van der Waals surface area contributed by atoms with Crippen molar-refractivity contribution in [2.45, 2.75) is 19.6 Å². The van der Waals surface area contributed by atoms with Gasteiger partial charge < -0.3 is 15.1 Å². The molecule has 2 heterocycles. The molecule has 3 rings (SSSR count). The minimum Gasteiger partial charge on any atom is -0.368 e. The highest BCUT2D eigenvalue weighted by atomic mass is 19.4. The first-order valence-electron chi connectivity index (χ1n) is 9.41. The van der Waals surface area contributed by atoms with Crippen LogP contribution >= 0.6 is 0 Å². The van der Waals surface area contributed by atoms with E-state index in [0.29, 0.717) is 38.7 Å². The van der Waals surface area contributed by atoms with Crippen molar-refractivity contribution in [3.05, 3.63) is 47.5 Å². The Kier molecular flexibility index (Phi) is 6.29. The predicted octanol–water partition coefficient (Wildman–Crippen LogP) is 2.87. The molecule has 1 fully saturated rings. The van der Waals surface area contributed by atoms with Crippen LogP contribution < -0.4 is 10.2 Å². The Hall–Kier alpha value is -2.78. The number of aliphatic imine (C=N–C) groups is 1. The van der Waals surface area contributed by atoms with E-state index in [9.17, 15) is 17.6 Å². The fourth-order valence-electron chi connectivity index (χ4n) is 3.31. The number of halogens is 4. The van der Waals surface area contributed by atoms with Crippen LogP contribution in [0.15, 0.2) is 35.5 Å². The molecule has 0 aliphatic carbocycles. The monoisotopic (exact) mass is 412 g/mol. The average Bonchev–Trinajstić information content (AvgIpc) is 3.07. The van der Waals surface area contributed by atoms with Crippen LogP contribution in [0, 0.1) is 5.82 Å². The van der Waals surface area contributed by atoms with Crippen LogP contribution in [0.25, 0.3) is 0 Å². The van der Waals surface area contributed by atoms with Crippen LogP contribution in [-0.4, -0.2) is 53.4 Å². The molecule has 158 valence electrons. The zero-order chi connectivity index (χ0) is 21.0. The number of nitrogens with one attached hydrogen (secondary N) is 1. The average molecular weight is 412 g/mol. The number of rotatable bonds is 4. The highest BCUT2D eigenvalue weighted by Crippen LogP contribution is 2.30. The van der Waals surface area contributed by atoms with Crippen molar-refractivity contribution in [1.29, 1.82) is 0 Å². The molecular formula is C19H24F4N6. The van der Waals surface area contributed by atoms with Crippen LogP contribution in [0.5, 0.6) is 0 Å². The smallest absolute Gasteiger partial charge is 0.368 e. The van der Waals surface area contributed by atoms with Gasteiger partial charge in [0.25, 0.3) is 0 Å². The van der Waals surface area contributed by atoms with Crippen molar-refractivity contribution in [3.8, 4) is 0 Å². The molecule has 6 nitrogen and oxygen atoms in total. The van der Waals surface area contributed by atoms with Gasteiger partial charge in [0.1, 0.15) is 5.82 Å². The maximum absolute atomic E-state index is 13.1. The summed E-state index contributed by atoms with van der Waals surface area (Å²) in [5.74, 6) is 0.297. The number of hydrogen-bond donors (Lipinski definition) is 1. The van der Waals surface area contributed by atoms with E-state index in [4.69, 9.17) is 0 Å². The van der Waals surface area contributed by atoms with Crippen LogP contribution in [0.2, 0.25) is 0 Å². The summed E-state index contributed by atoms with van der Waals surface area (Å²) in [5, 5.41) is 6.67. The number of aryl methyl sites for hydroxylation is 1. The Balaban J connectivity index is 1.68. The Morgan fingerprint density at radius 3 is 2.38 bits per heavy atom. The van der Waals surface area contributed by atoms with Crippen molar-refractivity contribution < 1.29 is 17.6 Å². The molecule has 10 heteroatoms. The van der Waals surface area contributed by atoms with E-state index in [1.807, 2.05) is 11.8 Å². The molecule has 0 spiro atoms. The lowest BCUT2D eigenvalue weighted by Crippen LogP contribution is -2.52. The van der Waals surface area contributed by atoms with Crippen LogP contribution in [0.3, 0.4) is 0 Å². The SMILES string of the molecule is CCNC(=NCc1cn(C)nc1C(F)(F)F)N1CCN(c2ccc(F)cc2)CC1. The number of hydrogen-bond acceptors (Lipinski definition) is 3. The number of guanidine groups is 1. The fraction of sp³-hybridized carbons (Fsp3) is 0.474. The zero-order valence-electron chi connectivity index (χ0n) is 16.4. The number of aromatic nitrogens is 2. The Morgan fingerprint density at radius 2 is 1.79 bits per heavy atom. The molecule has 1 aromatic carbocycles. The minimum atomic E-state index is -4.51. The standard InChI is InChI=1S/C19H24F4N6/c1-3-24-18(25-12-14-13-27(2)26-17(14)19(21,22)23)29-10-8-28(9-11-29)16-6-4-15(20)5-7-16/h4-7,13H,3,8-12H2,1-2H3,(H,24,25). The molecule has 0 amide bonds. The lowest BCUT2D eigenvalue weighted by molar-refractivity contribution is -0.142. The third-order valence-electron chi connectivity index (χ3n) is 4.68. The van der Waals surface area contributed by atoms with Gasteiger partial charge in [-0.1, -0.05) is 0 Å².